The van der Waals surface area contributed by atoms with E-state index in [2.05, 4.69) is 0 Å². The Labute approximate surface area is 276 Å². The third-order valence-electron chi connectivity index (χ3n) is 9.08. The van der Waals surface area contributed by atoms with Gasteiger partial charge in [0.1, 0.15) is 51.6 Å². The van der Waals surface area contributed by atoms with Crippen LogP contribution in [0.1, 0.15) is 66.1 Å². The highest BCUT2D eigenvalue weighted by Gasteiger charge is 2.40. The Bertz CT molecular complexity index is 2110. The van der Waals surface area contributed by atoms with Crippen LogP contribution >= 0.6 is 0 Å². The molecule has 9 nitrogen and oxygen atoms in total. The second-order valence-corrected chi connectivity index (χ2v) is 12.7. The summed E-state index contributed by atoms with van der Waals surface area (Å²) in [5.74, 6) is -3.59. The molecule has 1 aliphatic rings. The summed E-state index contributed by atoms with van der Waals surface area (Å²) in [4.78, 5) is 14.5. The molecule has 0 aliphatic heterocycles. The summed E-state index contributed by atoms with van der Waals surface area (Å²) in [6.07, 6.45) is 3.94. The fraction of sp³-hybridized carbons (Fsp3) is 0.205. The SMILES string of the molecule is CC(C)=CCc1c(O)ccc(C(=O)[C@@H]2C[C@H](c3c(O)cc(-c4cc5ccc(O)cc5o4)cc3O)C=C(C)[C@H]2c2ccc(O)cc2O)c1O. The predicted molar refractivity (Wildman–Crippen MR) is 181 cm³/mol. The summed E-state index contributed by atoms with van der Waals surface area (Å²) in [6.45, 7) is 5.55. The number of rotatable bonds is 7. The van der Waals surface area contributed by atoms with Gasteiger partial charge in [-0.2, -0.15) is 0 Å². The molecule has 0 fully saturated rings. The number of furan rings is 1. The Balaban J connectivity index is 1.44. The van der Waals surface area contributed by atoms with Crippen LogP contribution in [-0.4, -0.2) is 41.5 Å². The number of aromatic hydroxyl groups is 7. The van der Waals surface area contributed by atoms with E-state index in [-0.39, 0.29) is 69.8 Å². The lowest BCUT2D eigenvalue weighted by atomic mass is 9.67. The molecule has 0 radical (unpaired) electrons. The highest BCUT2D eigenvalue weighted by Crippen LogP contribution is 2.52. The second-order valence-electron chi connectivity index (χ2n) is 12.7. The largest absolute Gasteiger partial charge is 0.508 e. The number of carbonyl (C=O) groups excluding carboxylic acids is 1. The molecule has 0 unspecified atom stereocenters. The number of hydrogen-bond acceptors (Lipinski definition) is 9. The molecule has 4 aromatic carbocycles. The van der Waals surface area contributed by atoms with E-state index in [9.17, 15) is 40.5 Å². The van der Waals surface area contributed by atoms with Gasteiger partial charge in [0, 0.05) is 57.5 Å². The molecule has 6 rings (SSSR count). The quantitative estimate of drug-likeness (QED) is 0.0677. The molecule has 1 aliphatic carbocycles. The van der Waals surface area contributed by atoms with Gasteiger partial charge in [0.2, 0.25) is 0 Å². The minimum absolute atomic E-state index is 0.00797. The van der Waals surface area contributed by atoms with Crippen molar-refractivity contribution in [2.75, 3.05) is 0 Å². The van der Waals surface area contributed by atoms with E-state index in [1.807, 2.05) is 26.0 Å². The molecule has 0 bridgehead atoms. The molecular formula is C39H36O9. The van der Waals surface area contributed by atoms with Crippen LogP contribution in [0.2, 0.25) is 0 Å². The van der Waals surface area contributed by atoms with Gasteiger partial charge in [-0.05, 0) is 82.1 Å². The first kappa shape index (κ1) is 32.1. The van der Waals surface area contributed by atoms with E-state index in [1.54, 1.807) is 25.1 Å². The van der Waals surface area contributed by atoms with Gasteiger partial charge < -0.3 is 40.2 Å². The van der Waals surface area contributed by atoms with Crippen LogP contribution in [0.15, 0.2) is 94.4 Å². The lowest BCUT2D eigenvalue weighted by Gasteiger charge is -2.36. The summed E-state index contributed by atoms with van der Waals surface area (Å²) >= 11 is 0. The Morgan fingerprint density at radius 2 is 1.50 bits per heavy atom. The predicted octanol–water partition coefficient (Wildman–Crippen LogP) is 8.26. The number of benzene rings is 4. The number of Topliss-reactive ketones (excluding diaryl/α,β-unsaturated/α-hetero) is 1. The van der Waals surface area contributed by atoms with Gasteiger partial charge in [0.15, 0.2) is 5.78 Å². The van der Waals surface area contributed by atoms with Crippen molar-refractivity contribution >= 4 is 16.8 Å². The van der Waals surface area contributed by atoms with E-state index >= 15 is 0 Å². The molecule has 0 amide bonds. The first-order valence-corrected chi connectivity index (χ1v) is 15.5. The summed E-state index contributed by atoms with van der Waals surface area (Å²) in [5, 5.41) is 75.8. The normalized spacial score (nSPS) is 17.6. The van der Waals surface area contributed by atoms with E-state index in [0.717, 1.165) is 11.0 Å². The van der Waals surface area contributed by atoms with Crippen molar-refractivity contribution in [3.05, 3.63) is 112 Å². The van der Waals surface area contributed by atoms with Crippen LogP contribution in [0.25, 0.3) is 22.3 Å². The zero-order valence-electron chi connectivity index (χ0n) is 26.6. The summed E-state index contributed by atoms with van der Waals surface area (Å²) < 4.78 is 5.86. The van der Waals surface area contributed by atoms with E-state index in [0.29, 0.717) is 28.0 Å². The molecule has 0 spiro atoms. The third kappa shape index (κ3) is 5.90. The Hall–Kier alpha value is -5.83. The molecule has 1 aromatic heterocycles. The molecule has 5 aromatic rings. The molecule has 7 N–H and O–H groups in total. The van der Waals surface area contributed by atoms with Gasteiger partial charge in [-0.15, -0.1) is 0 Å². The number of ketones is 1. The molecule has 48 heavy (non-hydrogen) atoms. The third-order valence-corrected chi connectivity index (χ3v) is 9.08. The monoisotopic (exact) mass is 648 g/mol. The summed E-state index contributed by atoms with van der Waals surface area (Å²) in [6, 6.07) is 16.2. The number of phenols is 7. The fourth-order valence-corrected chi connectivity index (χ4v) is 6.77. The summed E-state index contributed by atoms with van der Waals surface area (Å²) in [7, 11) is 0. The maximum atomic E-state index is 14.5. The molecule has 246 valence electrons. The smallest absolute Gasteiger partial charge is 0.170 e. The highest BCUT2D eigenvalue weighted by atomic mass is 16.3. The Morgan fingerprint density at radius 3 is 2.19 bits per heavy atom. The van der Waals surface area contributed by atoms with E-state index < -0.39 is 23.5 Å². The van der Waals surface area contributed by atoms with Crippen molar-refractivity contribution < 1.29 is 45.0 Å². The van der Waals surface area contributed by atoms with Gasteiger partial charge in [0.25, 0.3) is 0 Å². The molecule has 3 atom stereocenters. The van der Waals surface area contributed by atoms with Crippen molar-refractivity contribution in [2.24, 2.45) is 5.92 Å². The van der Waals surface area contributed by atoms with Crippen molar-refractivity contribution in [1.29, 1.82) is 0 Å². The van der Waals surface area contributed by atoms with Crippen LogP contribution in [0, 0.1) is 5.92 Å². The van der Waals surface area contributed by atoms with Crippen LogP contribution in [0.5, 0.6) is 40.2 Å². The zero-order chi connectivity index (χ0) is 34.4. The average molecular weight is 649 g/mol. The van der Waals surface area contributed by atoms with Crippen molar-refractivity contribution in [3.63, 3.8) is 0 Å². The number of fused-ring (bicyclic) bond motifs is 1. The van der Waals surface area contributed by atoms with Crippen molar-refractivity contribution in [1.82, 2.24) is 0 Å². The van der Waals surface area contributed by atoms with Gasteiger partial charge in [0.05, 0.1) is 5.56 Å². The minimum Gasteiger partial charge on any atom is -0.508 e. The average Bonchev–Trinajstić information content (AvgIpc) is 3.44. The molecular weight excluding hydrogens is 612 g/mol. The summed E-state index contributed by atoms with van der Waals surface area (Å²) in [5.41, 5.74) is 3.24. The molecule has 1 heterocycles. The molecule has 0 saturated carbocycles. The minimum atomic E-state index is -0.899. The Morgan fingerprint density at radius 1 is 0.812 bits per heavy atom. The number of allylic oxidation sites excluding steroid dienone is 4. The first-order valence-electron chi connectivity index (χ1n) is 15.5. The van der Waals surface area contributed by atoms with E-state index in [4.69, 9.17) is 4.42 Å². The fourth-order valence-electron chi connectivity index (χ4n) is 6.77. The lowest BCUT2D eigenvalue weighted by Crippen LogP contribution is -2.29. The van der Waals surface area contributed by atoms with Crippen LogP contribution in [0.4, 0.5) is 0 Å². The first-order chi connectivity index (χ1) is 22.8. The van der Waals surface area contributed by atoms with Gasteiger partial charge >= 0.3 is 0 Å². The van der Waals surface area contributed by atoms with Crippen molar-refractivity contribution in [2.45, 2.75) is 45.4 Å². The standard InChI is InChI=1S/C39H36O9/c1-19(2)4-8-27-30(42)11-10-28(38(27)46)39(47)29-13-23(12-20(3)36(29)26-9-7-24(40)17-31(26)43)37-32(44)14-22(15-33(37)45)34-16-21-5-6-25(41)18-35(21)48-34/h4-7,9-12,14-18,23,29,36,40-46H,8,13H2,1-3H3/t23-,29-,36+/m1/s1. The lowest BCUT2D eigenvalue weighted by molar-refractivity contribution is 0.0887. The van der Waals surface area contributed by atoms with Gasteiger partial charge in [-0.25, -0.2) is 0 Å². The maximum Gasteiger partial charge on any atom is 0.170 e. The Kier molecular flexibility index (Phi) is 8.30. The topological polar surface area (TPSA) is 172 Å². The second kappa shape index (κ2) is 12.4. The number of hydrogen-bond donors (Lipinski definition) is 7. The number of carbonyl (C=O) groups is 1. The van der Waals surface area contributed by atoms with Gasteiger partial charge in [-0.1, -0.05) is 29.4 Å². The highest BCUT2D eigenvalue weighted by molar-refractivity contribution is 6.02. The van der Waals surface area contributed by atoms with Crippen LogP contribution in [-0.2, 0) is 6.42 Å². The molecule has 9 heteroatoms. The van der Waals surface area contributed by atoms with Gasteiger partial charge in [-0.3, -0.25) is 4.79 Å². The maximum absolute atomic E-state index is 14.5. The van der Waals surface area contributed by atoms with E-state index in [1.165, 1.54) is 48.5 Å². The molecule has 0 saturated heterocycles. The van der Waals surface area contributed by atoms with Crippen LogP contribution in [0.3, 0.4) is 0 Å². The van der Waals surface area contributed by atoms with Crippen molar-refractivity contribution in [3.8, 4) is 51.6 Å². The number of phenolic OH excluding ortho intramolecular Hbond substituents is 7. The van der Waals surface area contributed by atoms with Crippen LogP contribution < -0.4 is 0 Å². The zero-order valence-corrected chi connectivity index (χ0v) is 26.6.